The highest BCUT2D eigenvalue weighted by molar-refractivity contribution is 6.89. The smallest absolute Gasteiger partial charge is 0.192 e. The predicted octanol–water partition coefficient (Wildman–Crippen LogP) is 3.88. The van der Waals surface area contributed by atoms with Gasteiger partial charge in [-0.2, -0.15) is 5.26 Å². The van der Waals surface area contributed by atoms with Crippen LogP contribution in [0, 0.1) is 11.3 Å². The minimum absolute atomic E-state index is 0.0605. The molecule has 0 spiro atoms. The van der Waals surface area contributed by atoms with E-state index in [1.807, 2.05) is 36.4 Å². The van der Waals surface area contributed by atoms with Crippen LogP contribution in [0.5, 0.6) is 0 Å². The molecule has 0 atom stereocenters. The largest absolute Gasteiger partial charge is 0.456 e. The van der Waals surface area contributed by atoms with Gasteiger partial charge in [0, 0.05) is 10.8 Å². The van der Waals surface area contributed by atoms with E-state index in [9.17, 15) is 4.79 Å². The van der Waals surface area contributed by atoms with E-state index in [1.54, 1.807) is 12.1 Å². The summed E-state index contributed by atoms with van der Waals surface area (Å²) in [5.41, 5.74) is 2.08. The molecule has 0 saturated carbocycles. The maximum absolute atomic E-state index is 13.0. The molecule has 0 saturated heterocycles. The molecule has 4 heteroatoms. The van der Waals surface area contributed by atoms with Crippen molar-refractivity contribution in [2.45, 2.75) is 19.6 Å². The maximum Gasteiger partial charge on any atom is 0.192 e. The lowest BCUT2D eigenvalue weighted by Crippen LogP contribution is -2.48. The van der Waals surface area contributed by atoms with Crippen LogP contribution in [-0.4, -0.2) is 8.07 Å². The van der Waals surface area contributed by atoms with E-state index in [2.05, 4.69) is 25.7 Å². The molecule has 0 amide bonds. The van der Waals surface area contributed by atoms with E-state index in [1.165, 1.54) is 0 Å². The van der Waals surface area contributed by atoms with Crippen LogP contribution in [-0.2, 0) is 0 Å². The highest BCUT2D eigenvalue weighted by Crippen LogP contribution is 2.23. The minimum Gasteiger partial charge on any atom is -0.456 e. The van der Waals surface area contributed by atoms with Gasteiger partial charge in [-0.15, -0.1) is 0 Å². The van der Waals surface area contributed by atoms with Crippen LogP contribution in [0.15, 0.2) is 57.7 Å². The standard InChI is InChI=1S/C19H17NO2Si/c1-23(2,3)19-17(21)15-6-4-5-7-16(15)22-18(19)14-10-8-13(12-20)9-11-14/h4-11H,1-3H3. The zero-order valence-corrected chi connectivity index (χ0v) is 14.4. The topological polar surface area (TPSA) is 54.0 Å². The molecular weight excluding hydrogens is 302 g/mol. The molecule has 0 unspecified atom stereocenters. The summed E-state index contributed by atoms with van der Waals surface area (Å²) in [6, 6.07) is 16.6. The Morgan fingerprint density at radius 1 is 1.00 bits per heavy atom. The second-order valence-corrected chi connectivity index (χ2v) is 11.6. The first kappa shape index (κ1) is 15.3. The zero-order chi connectivity index (χ0) is 16.6. The van der Waals surface area contributed by atoms with Crippen molar-refractivity contribution in [2.24, 2.45) is 0 Å². The Balaban J connectivity index is 2.38. The summed E-state index contributed by atoms with van der Waals surface area (Å²) >= 11 is 0. The van der Waals surface area contributed by atoms with Gasteiger partial charge in [0.25, 0.3) is 0 Å². The van der Waals surface area contributed by atoms with Gasteiger partial charge in [-0.1, -0.05) is 31.8 Å². The molecule has 2 aromatic carbocycles. The lowest BCUT2D eigenvalue weighted by molar-refractivity contribution is 0.622. The fourth-order valence-electron chi connectivity index (χ4n) is 2.72. The number of para-hydroxylation sites is 1. The van der Waals surface area contributed by atoms with Gasteiger partial charge >= 0.3 is 0 Å². The van der Waals surface area contributed by atoms with Crippen LogP contribution >= 0.6 is 0 Å². The van der Waals surface area contributed by atoms with Crippen molar-refractivity contribution >= 4 is 24.2 Å². The Morgan fingerprint density at radius 3 is 2.26 bits per heavy atom. The lowest BCUT2D eigenvalue weighted by Gasteiger charge is -2.20. The van der Waals surface area contributed by atoms with E-state index < -0.39 is 8.07 Å². The van der Waals surface area contributed by atoms with Crippen LogP contribution < -0.4 is 10.6 Å². The second kappa shape index (κ2) is 5.53. The third-order valence-electron chi connectivity index (χ3n) is 3.82. The van der Waals surface area contributed by atoms with Gasteiger partial charge in [0.1, 0.15) is 11.3 Å². The normalized spacial score (nSPS) is 11.4. The number of fused-ring (bicyclic) bond motifs is 1. The number of hydrogen-bond donors (Lipinski definition) is 0. The Bertz CT molecular complexity index is 973. The quantitative estimate of drug-likeness (QED) is 0.674. The molecule has 3 nitrogen and oxygen atoms in total. The molecular formula is C19H17NO2Si. The molecule has 1 heterocycles. The number of benzene rings is 2. The summed E-state index contributed by atoms with van der Waals surface area (Å²) in [6.07, 6.45) is 0. The second-order valence-electron chi connectivity index (χ2n) is 6.57. The average molecular weight is 319 g/mol. The van der Waals surface area contributed by atoms with Crippen molar-refractivity contribution in [3.8, 4) is 17.4 Å². The molecule has 0 aliphatic carbocycles. The fourth-order valence-corrected chi connectivity index (χ4v) is 4.41. The SMILES string of the molecule is C[Si](C)(C)c1c(-c2ccc(C#N)cc2)oc2ccccc2c1=O. The molecule has 0 radical (unpaired) electrons. The summed E-state index contributed by atoms with van der Waals surface area (Å²) < 4.78 is 6.11. The van der Waals surface area contributed by atoms with Gasteiger partial charge in [-0.3, -0.25) is 4.79 Å². The van der Waals surface area contributed by atoms with Crippen LogP contribution in [0.3, 0.4) is 0 Å². The van der Waals surface area contributed by atoms with Crippen molar-refractivity contribution < 1.29 is 4.42 Å². The molecule has 0 aliphatic heterocycles. The van der Waals surface area contributed by atoms with Crippen molar-refractivity contribution in [2.75, 3.05) is 0 Å². The van der Waals surface area contributed by atoms with Crippen LogP contribution in [0.1, 0.15) is 5.56 Å². The van der Waals surface area contributed by atoms with E-state index in [4.69, 9.17) is 9.68 Å². The first-order chi connectivity index (χ1) is 10.9. The van der Waals surface area contributed by atoms with Gasteiger partial charge < -0.3 is 4.42 Å². The fraction of sp³-hybridized carbons (Fsp3) is 0.158. The van der Waals surface area contributed by atoms with Crippen LogP contribution in [0.4, 0.5) is 0 Å². The molecule has 1 aromatic heterocycles. The molecule has 0 N–H and O–H groups in total. The number of rotatable bonds is 2. The molecule has 3 rings (SSSR count). The van der Waals surface area contributed by atoms with E-state index in [-0.39, 0.29) is 5.43 Å². The summed E-state index contributed by atoms with van der Waals surface area (Å²) in [4.78, 5) is 13.0. The third kappa shape index (κ3) is 2.71. The maximum atomic E-state index is 13.0. The Morgan fingerprint density at radius 2 is 1.65 bits per heavy atom. The number of hydrogen-bond acceptors (Lipinski definition) is 3. The van der Waals surface area contributed by atoms with Crippen molar-refractivity contribution in [1.82, 2.24) is 0 Å². The Labute approximate surface area is 135 Å². The predicted molar refractivity (Wildman–Crippen MR) is 95.6 cm³/mol. The van der Waals surface area contributed by atoms with Crippen LogP contribution in [0.2, 0.25) is 19.6 Å². The first-order valence-electron chi connectivity index (χ1n) is 7.48. The van der Waals surface area contributed by atoms with Crippen LogP contribution in [0.25, 0.3) is 22.3 Å². The summed E-state index contributed by atoms with van der Waals surface area (Å²) in [5, 5.41) is 10.4. The first-order valence-corrected chi connectivity index (χ1v) is 11.0. The molecule has 0 bridgehead atoms. The molecule has 0 fully saturated rings. The van der Waals surface area contributed by atoms with E-state index >= 15 is 0 Å². The summed E-state index contributed by atoms with van der Waals surface area (Å²) in [6.45, 7) is 6.42. The Kier molecular flexibility index (Phi) is 3.67. The summed E-state index contributed by atoms with van der Waals surface area (Å²) in [7, 11) is -1.92. The highest BCUT2D eigenvalue weighted by atomic mass is 28.3. The minimum atomic E-state index is -1.92. The average Bonchev–Trinajstić information content (AvgIpc) is 2.53. The van der Waals surface area contributed by atoms with Crippen molar-refractivity contribution in [3.05, 3.63) is 64.3 Å². The highest BCUT2D eigenvalue weighted by Gasteiger charge is 2.27. The zero-order valence-electron chi connectivity index (χ0n) is 13.4. The van der Waals surface area contributed by atoms with Gasteiger partial charge in [0.2, 0.25) is 0 Å². The van der Waals surface area contributed by atoms with Crippen molar-refractivity contribution in [1.29, 1.82) is 5.26 Å². The van der Waals surface area contributed by atoms with E-state index in [0.29, 0.717) is 22.3 Å². The molecule has 23 heavy (non-hydrogen) atoms. The third-order valence-corrected chi connectivity index (χ3v) is 5.78. The summed E-state index contributed by atoms with van der Waals surface area (Å²) in [5.74, 6) is 0.636. The van der Waals surface area contributed by atoms with Gasteiger partial charge in [0.15, 0.2) is 5.43 Å². The van der Waals surface area contributed by atoms with Gasteiger partial charge in [-0.05, 0) is 36.4 Å². The molecule has 0 aliphatic rings. The molecule has 3 aromatic rings. The van der Waals surface area contributed by atoms with Gasteiger partial charge in [0.05, 0.1) is 25.1 Å². The molecule has 114 valence electrons. The number of nitriles is 1. The Hall–Kier alpha value is -2.64. The number of nitrogens with zero attached hydrogens (tertiary/aromatic N) is 1. The van der Waals surface area contributed by atoms with E-state index in [0.717, 1.165) is 10.8 Å². The van der Waals surface area contributed by atoms with Gasteiger partial charge in [-0.25, -0.2) is 0 Å². The van der Waals surface area contributed by atoms with Crippen molar-refractivity contribution in [3.63, 3.8) is 0 Å². The lowest BCUT2D eigenvalue weighted by atomic mass is 10.1. The monoisotopic (exact) mass is 319 g/mol.